The molecule has 2 N–H and O–H groups in total. The Morgan fingerprint density at radius 3 is 1.86 bits per heavy atom. The first kappa shape index (κ1) is 16.4. The monoisotopic (exact) mass is 358 g/mol. The molecule has 4 aromatic carbocycles. The van der Waals surface area contributed by atoms with Crippen LogP contribution in [-0.4, -0.2) is 11.4 Å². The fourth-order valence-electron chi connectivity index (χ4n) is 3.90. The van der Waals surface area contributed by atoms with Crippen molar-refractivity contribution in [2.75, 3.05) is 0 Å². The second-order valence-electron chi connectivity index (χ2n) is 7.04. The molecule has 0 amide bonds. The van der Waals surface area contributed by atoms with Gasteiger partial charge in [-0.1, -0.05) is 72.8 Å². The maximum absolute atomic E-state index is 7.96. The lowest BCUT2D eigenvalue weighted by molar-refractivity contribution is 1.49. The second kappa shape index (κ2) is 6.43. The van der Waals surface area contributed by atoms with E-state index in [0.717, 1.165) is 16.7 Å². The molecule has 0 aliphatic heterocycles. The minimum Gasteiger partial charge on any atom is -0.299 e. The van der Waals surface area contributed by atoms with Gasteiger partial charge in [0.2, 0.25) is 0 Å². The lowest BCUT2D eigenvalue weighted by atomic mass is 9.89. The van der Waals surface area contributed by atoms with E-state index in [1.54, 1.807) is 12.2 Å². The average molecular weight is 358 g/mol. The van der Waals surface area contributed by atoms with Crippen molar-refractivity contribution >= 4 is 38.5 Å². The molecule has 2 nitrogen and oxygen atoms in total. The quantitative estimate of drug-likeness (QED) is 0.298. The third-order valence-electron chi connectivity index (χ3n) is 5.28. The Kier molecular flexibility index (Phi) is 3.77. The van der Waals surface area contributed by atoms with E-state index in [1.165, 1.54) is 27.1 Å². The van der Waals surface area contributed by atoms with Crippen molar-refractivity contribution in [3.05, 3.63) is 103 Å². The van der Waals surface area contributed by atoms with Crippen molar-refractivity contribution in [2.45, 2.75) is 0 Å². The van der Waals surface area contributed by atoms with E-state index < -0.39 is 0 Å². The number of hydrogen-bond acceptors (Lipinski definition) is 2. The number of nitrogens with one attached hydrogen (secondary N) is 2. The average Bonchev–Trinajstić information content (AvgIpc) is 2.74. The van der Waals surface area contributed by atoms with Crippen LogP contribution in [-0.2, 0) is 0 Å². The predicted octanol–water partition coefficient (Wildman–Crippen LogP) is 6.65. The van der Waals surface area contributed by atoms with E-state index in [-0.39, 0.29) is 11.4 Å². The van der Waals surface area contributed by atoms with Crippen LogP contribution in [0.15, 0.2) is 97.1 Å². The Bertz CT molecular complexity index is 1290. The van der Waals surface area contributed by atoms with Crippen molar-refractivity contribution in [3.63, 3.8) is 0 Å². The van der Waals surface area contributed by atoms with Gasteiger partial charge in [0.15, 0.2) is 0 Å². The van der Waals surface area contributed by atoms with Gasteiger partial charge < -0.3 is 0 Å². The molecule has 0 unspecified atom stereocenters. The Balaban J connectivity index is 1.77. The Labute approximate surface area is 163 Å². The van der Waals surface area contributed by atoms with E-state index in [9.17, 15) is 0 Å². The lowest BCUT2D eigenvalue weighted by Crippen LogP contribution is -2.09. The summed E-state index contributed by atoms with van der Waals surface area (Å²) in [6, 6.07) is 27.7. The third-order valence-corrected chi connectivity index (χ3v) is 5.28. The molecule has 0 aromatic heterocycles. The fraction of sp³-hybridized carbons (Fsp3) is 0. The zero-order chi connectivity index (χ0) is 19.1. The fourth-order valence-corrected chi connectivity index (χ4v) is 3.90. The van der Waals surface area contributed by atoms with Crippen LogP contribution in [0.2, 0.25) is 0 Å². The van der Waals surface area contributed by atoms with Gasteiger partial charge in [-0.25, -0.2) is 0 Å². The molecule has 0 saturated carbocycles. The van der Waals surface area contributed by atoms with E-state index >= 15 is 0 Å². The van der Waals surface area contributed by atoms with E-state index in [4.69, 9.17) is 10.8 Å². The highest BCUT2D eigenvalue weighted by Gasteiger charge is 2.12. The van der Waals surface area contributed by atoms with Crippen LogP contribution in [0.4, 0.5) is 0 Å². The van der Waals surface area contributed by atoms with Crippen LogP contribution in [0.5, 0.6) is 0 Å². The standard InChI is InChI=1S/C26H18N2/c27-24-13-12-18(16-25(24)28)17-8-5-9-21(14-17)26-22-10-3-1-6-19(22)15-20-7-2-4-11-23(20)26/h1-16,27-28H. The highest BCUT2D eigenvalue weighted by molar-refractivity contribution is 6.50. The van der Waals surface area contributed by atoms with Crippen LogP contribution < -0.4 is 0 Å². The van der Waals surface area contributed by atoms with Gasteiger partial charge in [-0.15, -0.1) is 0 Å². The van der Waals surface area contributed by atoms with Gasteiger partial charge in [-0.05, 0) is 68.1 Å². The molecule has 0 heterocycles. The van der Waals surface area contributed by atoms with E-state index in [1.807, 2.05) is 6.08 Å². The minimum absolute atomic E-state index is 0.249. The molecule has 0 atom stereocenters. The first-order valence-corrected chi connectivity index (χ1v) is 9.29. The SMILES string of the molecule is N=C1C=CC(c2cccc(-c3c4ccccc4cc4ccccc34)c2)=CC1=N. The molecule has 5 rings (SSSR count). The maximum Gasteiger partial charge on any atom is 0.0795 e. The van der Waals surface area contributed by atoms with Crippen LogP contribution in [0, 0.1) is 10.8 Å². The summed E-state index contributed by atoms with van der Waals surface area (Å²) >= 11 is 0. The Morgan fingerprint density at radius 1 is 0.536 bits per heavy atom. The van der Waals surface area contributed by atoms with Gasteiger partial charge in [-0.3, -0.25) is 10.8 Å². The summed E-state index contributed by atoms with van der Waals surface area (Å²) in [5, 5.41) is 20.6. The van der Waals surface area contributed by atoms with Gasteiger partial charge in [0.1, 0.15) is 0 Å². The highest BCUT2D eigenvalue weighted by Crippen LogP contribution is 2.37. The van der Waals surface area contributed by atoms with Crippen molar-refractivity contribution in [1.82, 2.24) is 0 Å². The molecule has 0 bridgehead atoms. The molecule has 0 radical (unpaired) electrons. The summed E-state index contributed by atoms with van der Waals surface area (Å²) in [7, 11) is 0. The molecule has 2 heteroatoms. The first-order valence-electron chi connectivity index (χ1n) is 9.29. The number of benzene rings is 4. The van der Waals surface area contributed by atoms with Crippen molar-refractivity contribution < 1.29 is 0 Å². The number of fused-ring (bicyclic) bond motifs is 2. The van der Waals surface area contributed by atoms with Crippen LogP contribution in [0.3, 0.4) is 0 Å². The third kappa shape index (κ3) is 2.67. The predicted molar refractivity (Wildman–Crippen MR) is 119 cm³/mol. The summed E-state index contributed by atoms with van der Waals surface area (Å²) in [6.07, 6.45) is 5.38. The van der Waals surface area contributed by atoms with Crippen molar-refractivity contribution in [1.29, 1.82) is 10.8 Å². The molecule has 4 aromatic rings. The second-order valence-corrected chi connectivity index (χ2v) is 7.04. The summed E-state index contributed by atoms with van der Waals surface area (Å²) in [5.41, 5.74) is 4.92. The largest absolute Gasteiger partial charge is 0.299 e. The Morgan fingerprint density at radius 2 is 1.18 bits per heavy atom. The molecule has 1 aliphatic rings. The van der Waals surface area contributed by atoms with Gasteiger partial charge in [-0.2, -0.15) is 0 Å². The van der Waals surface area contributed by atoms with Crippen LogP contribution >= 0.6 is 0 Å². The summed E-state index contributed by atoms with van der Waals surface area (Å²) in [6.45, 7) is 0. The smallest absolute Gasteiger partial charge is 0.0795 e. The number of hydrogen-bond donors (Lipinski definition) is 2. The topological polar surface area (TPSA) is 47.7 Å². The Hall–Kier alpha value is -3.78. The van der Waals surface area contributed by atoms with Gasteiger partial charge in [0.05, 0.1) is 11.4 Å². The number of rotatable bonds is 2. The van der Waals surface area contributed by atoms with E-state index in [0.29, 0.717) is 0 Å². The first-order chi connectivity index (χ1) is 13.7. The van der Waals surface area contributed by atoms with Gasteiger partial charge in [0.25, 0.3) is 0 Å². The molecule has 1 aliphatic carbocycles. The molecule has 0 saturated heterocycles. The molecular weight excluding hydrogens is 340 g/mol. The zero-order valence-electron chi connectivity index (χ0n) is 15.2. The normalized spacial score (nSPS) is 13.9. The minimum atomic E-state index is 0.249. The molecule has 0 fully saturated rings. The van der Waals surface area contributed by atoms with Gasteiger partial charge in [0, 0.05) is 0 Å². The summed E-state index contributed by atoms with van der Waals surface area (Å²) in [5.74, 6) is 0. The van der Waals surface area contributed by atoms with Crippen molar-refractivity contribution in [3.8, 4) is 11.1 Å². The maximum atomic E-state index is 7.96. The molecule has 132 valence electrons. The van der Waals surface area contributed by atoms with Crippen molar-refractivity contribution in [2.24, 2.45) is 0 Å². The van der Waals surface area contributed by atoms with Gasteiger partial charge >= 0.3 is 0 Å². The molecule has 28 heavy (non-hydrogen) atoms. The lowest BCUT2D eigenvalue weighted by Gasteiger charge is -2.14. The van der Waals surface area contributed by atoms with Crippen LogP contribution in [0.1, 0.15) is 5.56 Å². The summed E-state index contributed by atoms with van der Waals surface area (Å²) in [4.78, 5) is 0. The molecular formula is C26H18N2. The molecule has 0 spiro atoms. The number of allylic oxidation sites excluding steroid dienone is 4. The van der Waals surface area contributed by atoms with E-state index in [2.05, 4.69) is 78.9 Å². The van der Waals surface area contributed by atoms with Crippen LogP contribution in [0.25, 0.3) is 38.2 Å². The zero-order valence-corrected chi connectivity index (χ0v) is 15.2. The summed E-state index contributed by atoms with van der Waals surface area (Å²) < 4.78 is 0. The highest BCUT2D eigenvalue weighted by atomic mass is 14.5.